The van der Waals surface area contributed by atoms with Gasteiger partial charge in [-0.25, -0.2) is 13.4 Å². The zero-order valence-electron chi connectivity index (χ0n) is 23.5. The van der Waals surface area contributed by atoms with Crippen molar-refractivity contribution in [2.75, 3.05) is 37.3 Å². The maximum Gasteiger partial charge on any atom is 0.248 e. The Morgan fingerprint density at radius 3 is 2.69 bits per heavy atom. The highest BCUT2D eigenvalue weighted by molar-refractivity contribution is 7.89. The van der Waals surface area contributed by atoms with Crippen molar-refractivity contribution in [1.82, 2.24) is 29.3 Å². The summed E-state index contributed by atoms with van der Waals surface area (Å²) in [6.45, 7) is 4.28. The molecule has 0 unspecified atom stereocenters. The molecule has 11 nitrogen and oxygen atoms in total. The molecule has 0 spiro atoms. The molecule has 1 saturated heterocycles. The van der Waals surface area contributed by atoms with Crippen molar-refractivity contribution in [3.05, 3.63) is 76.5 Å². The summed E-state index contributed by atoms with van der Waals surface area (Å²) in [5, 5.41) is 10.7. The molecular formula is C29H33ClN8O3S. The quantitative estimate of drug-likeness (QED) is 0.310. The van der Waals surface area contributed by atoms with E-state index in [0.717, 1.165) is 55.7 Å². The van der Waals surface area contributed by atoms with Crippen molar-refractivity contribution in [3.8, 4) is 0 Å². The third-order valence-electron chi connectivity index (χ3n) is 7.86. The molecule has 2 aliphatic heterocycles. The number of pyridine rings is 1. The maximum absolute atomic E-state index is 13.0. The lowest BCUT2D eigenvalue weighted by Gasteiger charge is -2.33. The lowest BCUT2D eigenvalue weighted by Crippen LogP contribution is -2.41. The van der Waals surface area contributed by atoms with Gasteiger partial charge in [-0.1, -0.05) is 22.8 Å². The van der Waals surface area contributed by atoms with E-state index in [1.165, 1.54) is 17.3 Å². The van der Waals surface area contributed by atoms with Crippen molar-refractivity contribution < 1.29 is 12.9 Å². The zero-order valence-corrected chi connectivity index (χ0v) is 25.1. The summed E-state index contributed by atoms with van der Waals surface area (Å²) in [4.78, 5) is 15.8. The SMILES string of the molecule is Cc1oncc1S(=O)(=O)N1CCC(CN(C)Cc2ccc3cc2CCc2cncc(c2)Nc2ncc(Cl)c(n2)N3)CC1. The summed E-state index contributed by atoms with van der Waals surface area (Å²) in [7, 11) is -1.45. The van der Waals surface area contributed by atoms with Gasteiger partial charge >= 0.3 is 0 Å². The predicted molar refractivity (Wildman–Crippen MR) is 161 cm³/mol. The van der Waals surface area contributed by atoms with Crippen molar-refractivity contribution in [3.63, 3.8) is 0 Å². The van der Waals surface area contributed by atoms with Gasteiger partial charge in [-0.2, -0.15) is 9.29 Å². The number of fused-ring (bicyclic) bond motifs is 6. The number of nitrogens with one attached hydrogen (secondary N) is 2. The Bertz CT molecular complexity index is 1690. The topological polar surface area (TPSA) is 129 Å². The van der Waals surface area contributed by atoms with Crippen molar-refractivity contribution in [2.24, 2.45) is 5.92 Å². The van der Waals surface area contributed by atoms with Gasteiger partial charge < -0.3 is 20.1 Å². The monoisotopic (exact) mass is 608 g/mol. The molecule has 6 bridgehead atoms. The highest BCUT2D eigenvalue weighted by Gasteiger charge is 2.32. The molecule has 6 rings (SSSR count). The molecule has 0 atom stereocenters. The minimum absolute atomic E-state index is 0.159. The van der Waals surface area contributed by atoms with Crippen LogP contribution in [0.2, 0.25) is 5.02 Å². The molecule has 220 valence electrons. The standard InChI is InChI=1S/C29H33ClN8O3S/c1-19-27(16-33-41-19)42(39,40)38-9-7-20(8-10-38)17-37(2)18-23-5-6-24-12-22(23)4-3-21-11-25(14-31-13-21)35-29-32-15-26(30)28(34-24)36-29/h5-6,11-16,20H,3-4,7-10,17-18H2,1-2H3,(H2,32,34,35,36). The second-order valence-corrected chi connectivity index (χ2v) is 13.3. The van der Waals surface area contributed by atoms with E-state index in [1.807, 2.05) is 6.20 Å². The van der Waals surface area contributed by atoms with Crippen molar-refractivity contribution >= 4 is 44.8 Å². The largest absolute Gasteiger partial charge is 0.360 e. The molecule has 0 amide bonds. The number of aromatic nitrogens is 4. The molecular weight excluding hydrogens is 576 g/mol. The highest BCUT2D eigenvalue weighted by Crippen LogP contribution is 2.29. The van der Waals surface area contributed by atoms with Crippen molar-refractivity contribution in [1.29, 1.82) is 0 Å². The summed E-state index contributed by atoms with van der Waals surface area (Å²) >= 11 is 6.41. The van der Waals surface area contributed by atoms with Gasteiger partial charge in [0.15, 0.2) is 11.6 Å². The van der Waals surface area contributed by atoms with E-state index in [4.69, 9.17) is 16.1 Å². The minimum Gasteiger partial charge on any atom is -0.360 e. The maximum atomic E-state index is 13.0. The third kappa shape index (κ3) is 6.26. The van der Waals surface area contributed by atoms with Crippen LogP contribution >= 0.6 is 11.6 Å². The Morgan fingerprint density at radius 1 is 1.07 bits per heavy atom. The second-order valence-electron chi connectivity index (χ2n) is 11.0. The minimum atomic E-state index is -3.58. The predicted octanol–water partition coefficient (Wildman–Crippen LogP) is 4.94. The van der Waals surface area contributed by atoms with E-state index >= 15 is 0 Å². The second kappa shape index (κ2) is 12.0. The summed E-state index contributed by atoms with van der Waals surface area (Å²) in [5.41, 5.74) is 5.33. The van der Waals surface area contributed by atoms with Crippen LogP contribution in [-0.2, 0) is 29.4 Å². The van der Waals surface area contributed by atoms with Crippen LogP contribution in [0.3, 0.4) is 0 Å². The number of rotatable bonds is 6. The van der Waals surface area contributed by atoms with Crippen LogP contribution < -0.4 is 10.6 Å². The molecule has 0 radical (unpaired) electrons. The molecule has 13 heteroatoms. The number of piperidine rings is 1. The number of nitrogens with zero attached hydrogens (tertiary/aromatic N) is 6. The third-order valence-corrected chi connectivity index (χ3v) is 10.1. The van der Waals surface area contributed by atoms with Gasteiger partial charge in [0, 0.05) is 38.1 Å². The van der Waals surface area contributed by atoms with Crippen molar-refractivity contribution in [2.45, 2.75) is 44.0 Å². The Balaban J connectivity index is 1.15. The average molecular weight is 609 g/mol. The number of aryl methyl sites for hydroxylation is 3. The number of sulfonamides is 1. The number of halogens is 1. The van der Waals surface area contributed by atoms with Gasteiger partial charge in [0.05, 0.1) is 24.3 Å². The van der Waals surface area contributed by atoms with Crippen LogP contribution in [0.5, 0.6) is 0 Å². The summed E-state index contributed by atoms with van der Waals surface area (Å²) in [6, 6.07) is 8.45. The van der Waals surface area contributed by atoms with E-state index < -0.39 is 10.0 Å². The van der Waals surface area contributed by atoms with Gasteiger partial charge in [-0.3, -0.25) is 4.98 Å². The molecule has 4 aromatic rings. The molecule has 1 fully saturated rings. The van der Waals surface area contributed by atoms with E-state index in [1.54, 1.807) is 23.6 Å². The average Bonchev–Trinajstić information content (AvgIpc) is 3.42. The first-order chi connectivity index (χ1) is 20.2. The van der Waals surface area contributed by atoms with Gasteiger partial charge in [0.1, 0.15) is 9.92 Å². The van der Waals surface area contributed by atoms with E-state index in [9.17, 15) is 8.42 Å². The van der Waals surface area contributed by atoms with Crippen LogP contribution in [0, 0.1) is 12.8 Å². The lowest BCUT2D eigenvalue weighted by atomic mass is 9.96. The molecule has 2 aliphatic rings. The number of benzene rings is 1. The van der Waals surface area contributed by atoms with E-state index in [2.05, 4.69) is 67.0 Å². The first-order valence-electron chi connectivity index (χ1n) is 14.0. The van der Waals surface area contributed by atoms with Gasteiger partial charge in [-0.15, -0.1) is 0 Å². The fourth-order valence-corrected chi connectivity index (χ4v) is 7.33. The number of anilines is 4. The highest BCUT2D eigenvalue weighted by atomic mass is 35.5. The van der Waals surface area contributed by atoms with Crippen LogP contribution in [0.15, 0.2) is 58.5 Å². The summed E-state index contributed by atoms with van der Waals surface area (Å²) < 4.78 is 32.6. The van der Waals surface area contributed by atoms with Gasteiger partial charge in [0.2, 0.25) is 16.0 Å². The first kappa shape index (κ1) is 28.5. The van der Waals surface area contributed by atoms with Gasteiger partial charge in [-0.05, 0) is 80.5 Å². The smallest absolute Gasteiger partial charge is 0.248 e. The molecule has 0 saturated carbocycles. The molecule has 0 aliphatic carbocycles. The van der Waals surface area contributed by atoms with E-state index in [0.29, 0.717) is 41.6 Å². The van der Waals surface area contributed by atoms with Crippen LogP contribution in [-0.4, -0.2) is 64.4 Å². The van der Waals surface area contributed by atoms with Crippen LogP contribution in [0.4, 0.5) is 23.1 Å². The number of hydrogen-bond acceptors (Lipinski definition) is 10. The first-order valence-corrected chi connectivity index (χ1v) is 15.8. The van der Waals surface area contributed by atoms with E-state index in [-0.39, 0.29) is 4.90 Å². The van der Waals surface area contributed by atoms with Crippen LogP contribution in [0.25, 0.3) is 0 Å². The summed E-state index contributed by atoms with van der Waals surface area (Å²) in [6.07, 6.45) is 9.81. The molecule has 5 heterocycles. The Hall–Kier alpha value is -3.58. The molecule has 2 N–H and O–H groups in total. The summed E-state index contributed by atoms with van der Waals surface area (Å²) in [5.74, 6) is 1.70. The molecule has 42 heavy (non-hydrogen) atoms. The fourth-order valence-electron chi connectivity index (χ4n) is 5.65. The Kier molecular flexibility index (Phi) is 8.13. The zero-order chi connectivity index (χ0) is 29.3. The fraction of sp³-hybridized carbons (Fsp3) is 0.379. The Labute approximate surface area is 250 Å². The molecule has 1 aromatic carbocycles. The lowest BCUT2D eigenvalue weighted by molar-refractivity contribution is 0.201. The van der Waals surface area contributed by atoms with Crippen LogP contribution in [0.1, 0.15) is 35.3 Å². The number of hydrogen-bond donors (Lipinski definition) is 2. The normalized spacial score (nSPS) is 16.2. The molecule has 3 aromatic heterocycles. The Morgan fingerprint density at radius 2 is 1.90 bits per heavy atom. The van der Waals surface area contributed by atoms with Gasteiger partial charge in [0.25, 0.3) is 0 Å².